The van der Waals surface area contributed by atoms with Crippen molar-refractivity contribution in [2.75, 3.05) is 19.0 Å². The molecule has 0 radical (unpaired) electrons. The van der Waals surface area contributed by atoms with Crippen LogP contribution >= 0.6 is 11.3 Å². The fourth-order valence-electron chi connectivity index (χ4n) is 2.36. The molecule has 0 saturated carbocycles. The number of methoxy groups -OCH3 is 1. The molecule has 7 nitrogen and oxygen atoms in total. The van der Waals surface area contributed by atoms with Crippen LogP contribution in [0.5, 0.6) is 5.75 Å². The fourth-order valence-corrected chi connectivity index (χ4v) is 3.10. The highest BCUT2D eigenvalue weighted by molar-refractivity contribution is 7.14. The largest absolute Gasteiger partial charge is 0.484 e. The lowest BCUT2D eigenvalue weighted by molar-refractivity contribution is -0.118. The van der Waals surface area contributed by atoms with Gasteiger partial charge in [-0.25, -0.2) is 9.78 Å². The van der Waals surface area contributed by atoms with E-state index in [4.69, 9.17) is 4.74 Å². The van der Waals surface area contributed by atoms with Gasteiger partial charge in [-0.05, 0) is 30.2 Å². The Labute approximate surface area is 160 Å². The van der Waals surface area contributed by atoms with E-state index in [1.54, 1.807) is 17.6 Å². The first-order chi connectivity index (χ1) is 13.1. The van der Waals surface area contributed by atoms with Gasteiger partial charge in [-0.1, -0.05) is 19.1 Å². The van der Waals surface area contributed by atoms with Gasteiger partial charge in [0.05, 0.1) is 12.8 Å². The van der Waals surface area contributed by atoms with Crippen LogP contribution < -0.4 is 10.1 Å². The number of rotatable bonds is 7. The molecule has 140 valence electrons. The van der Waals surface area contributed by atoms with Crippen LogP contribution in [-0.4, -0.2) is 35.6 Å². The molecular formula is C19H19N3O4S. The van der Waals surface area contributed by atoms with Crippen molar-refractivity contribution in [1.82, 2.24) is 9.97 Å². The number of hydrogen-bond donors (Lipinski definition) is 2. The fraction of sp³-hybridized carbons (Fsp3) is 0.211. The van der Waals surface area contributed by atoms with Crippen LogP contribution in [0.15, 0.2) is 41.9 Å². The number of esters is 1. The van der Waals surface area contributed by atoms with Crippen molar-refractivity contribution in [3.63, 3.8) is 0 Å². The molecule has 0 fully saturated rings. The minimum atomic E-state index is -0.450. The second-order valence-corrected chi connectivity index (χ2v) is 6.52. The molecule has 0 spiro atoms. The number of amides is 1. The third kappa shape index (κ3) is 4.73. The Bertz CT molecular complexity index is 931. The molecule has 0 bridgehead atoms. The van der Waals surface area contributed by atoms with Crippen LogP contribution in [0.1, 0.15) is 23.0 Å². The van der Waals surface area contributed by atoms with Crippen molar-refractivity contribution >= 4 is 28.3 Å². The summed E-state index contributed by atoms with van der Waals surface area (Å²) in [5, 5.41) is 4.96. The highest BCUT2D eigenvalue weighted by Gasteiger charge is 2.13. The Balaban J connectivity index is 1.55. The van der Waals surface area contributed by atoms with Gasteiger partial charge in [0.25, 0.3) is 5.91 Å². The molecule has 1 aromatic carbocycles. The molecule has 2 heterocycles. The maximum Gasteiger partial charge on any atom is 0.354 e. The summed E-state index contributed by atoms with van der Waals surface area (Å²) in [7, 11) is 1.32. The number of ether oxygens (including phenoxy) is 2. The van der Waals surface area contributed by atoms with E-state index in [9.17, 15) is 9.59 Å². The van der Waals surface area contributed by atoms with Crippen LogP contribution in [0.25, 0.3) is 11.3 Å². The standard InChI is InChI=1S/C19H19N3O4S/c1-3-12-4-6-14(7-5-12)26-10-17(23)22-19-21-16(11-27-19)13-8-15(20-9-13)18(24)25-2/h4-9,11,20H,3,10H2,1-2H3,(H,21,22,23). The number of thiazole rings is 1. The number of nitrogens with zero attached hydrogens (tertiary/aromatic N) is 1. The number of H-pyrrole nitrogens is 1. The van der Waals surface area contributed by atoms with Crippen LogP contribution in [0, 0.1) is 0 Å². The second-order valence-electron chi connectivity index (χ2n) is 5.67. The van der Waals surface area contributed by atoms with Gasteiger partial charge in [-0.2, -0.15) is 0 Å². The zero-order chi connectivity index (χ0) is 19.2. The summed E-state index contributed by atoms with van der Waals surface area (Å²) in [6, 6.07) is 9.28. The lowest BCUT2D eigenvalue weighted by Crippen LogP contribution is -2.20. The molecule has 0 aliphatic carbocycles. The summed E-state index contributed by atoms with van der Waals surface area (Å²) in [5.41, 5.74) is 2.94. The molecule has 0 unspecified atom stereocenters. The predicted molar refractivity (Wildman–Crippen MR) is 103 cm³/mol. The van der Waals surface area contributed by atoms with Crippen molar-refractivity contribution in [3.05, 3.63) is 53.2 Å². The summed E-state index contributed by atoms with van der Waals surface area (Å²) in [6.07, 6.45) is 2.62. The van der Waals surface area contributed by atoms with E-state index < -0.39 is 5.97 Å². The van der Waals surface area contributed by atoms with Gasteiger partial charge in [0.1, 0.15) is 11.4 Å². The van der Waals surface area contributed by atoms with E-state index in [0.29, 0.717) is 22.3 Å². The quantitative estimate of drug-likeness (QED) is 0.607. The summed E-state index contributed by atoms with van der Waals surface area (Å²) in [6.45, 7) is 1.98. The van der Waals surface area contributed by atoms with Crippen molar-refractivity contribution in [1.29, 1.82) is 0 Å². The molecule has 27 heavy (non-hydrogen) atoms. The Morgan fingerprint density at radius 2 is 2.04 bits per heavy atom. The molecule has 2 aromatic heterocycles. The number of aromatic amines is 1. The van der Waals surface area contributed by atoms with Gasteiger partial charge >= 0.3 is 5.97 Å². The Hall–Kier alpha value is -3.13. The highest BCUT2D eigenvalue weighted by Crippen LogP contribution is 2.25. The van der Waals surface area contributed by atoms with Crippen LogP contribution in [-0.2, 0) is 16.0 Å². The number of aryl methyl sites for hydroxylation is 1. The minimum absolute atomic E-state index is 0.100. The van der Waals surface area contributed by atoms with Gasteiger partial charge in [0.2, 0.25) is 0 Å². The summed E-state index contributed by atoms with van der Waals surface area (Å²) < 4.78 is 10.1. The number of carbonyl (C=O) groups is 2. The number of carbonyl (C=O) groups excluding carboxylic acids is 2. The average Bonchev–Trinajstić information content (AvgIpc) is 3.35. The summed E-state index contributed by atoms with van der Waals surface area (Å²) in [4.78, 5) is 30.7. The number of nitrogens with one attached hydrogen (secondary N) is 2. The van der Waals surface area contributed by atoms with E-state index >= 15 is 0 Å². The second kappa shape index (κ2) is 8.50. The molecular weight excluding hydrogens is 366 g/mol. The van der Waals surface area contributed by atoms with E-state index in [2.05, 4.69) is 26.9 Å². The van der Waals surface area contributed by atoms with Gasteiger partial charge in [0, 0.05) is 17.1 Å². The highest BCUT2D eigenvalue weighted by atomic mass is 32.1. The van der Waals surface area contributed by atoms with Crippen LogP contribution in [0.4, 0.5) is 5.13 Å². The normalized spacial score (nSPS) is 10.4. The van der Waals surface area contributed by atoms with Crippen LogP contribution in [0.2, 0.25) is 0 Å². The van der Waals surface area contributed by atoms with E-state index in [-0.39, 0.29) is 12.5 Å². The third-order valence-electron chi connectivity index (χ3n) is 3.84. The summed E-state index contributed by atoms with van der Waals surface area (Å²) in [5.74, 6) is -0.0984. The van der Waals surface area contributed by atoms with E-state index in [1.165, 1.54) is 24.0 Å². The maximum absolute atomic E-state index is 12.1. The number of hydrogen-bond acceptors (Lipinski definition) is 6. The Morgan fingerprint density at radius 3 is 2.74 bits per heavy atom. The molecule has 3 rings (SSSR count). The van der Waals surface area contributed by atoms with Crippen LogP contribution in [0.3, 0.4) is 0 Å². The number of anilines is 1. The van der Waals surface area contributed by atoms with Crippen molar-refractivity contribution < 1.29 is 19.1 Å². The first kappa shape index (κ1) is 18.7. The first-order valence-electron chi connectivity index (χ1n) is 8.33. The Morgan fingerprint density at radius 1 is 1.26 bits per heavy atom. The van der Waals surface area contributed by atoms with Gasteiger partial charge in [0.15, 0.2) is 11.7 Å². The number of benzene rings is 1. The Kier molecular flexibility index (Phi) is 5.87. The van der Waals surface area contributed by atoms with Crippen molar-refractivity contribution in [2.45, 2.75) is 13.3 Å². The van der Waals surface area contributed by atoms with E-state index in [0.717, 1.165) is 12.0 Å². The third-order valence-corrected chi connectivity index (χ3v) is 4.59. The zero-order valence-electron chi connectivity index (χ0n) is 14.9. The SMILES string of the molecule is CCc1ccc(OCC(=O)Nc2nc(-c3c[nH]c(C(=O)OC)c3)cs2)cc1. The lowest BCUT2D eigenvalue weighted by atomic mass is 10.2. The monoisotopic (exact) mass is 385 g/mol. The van der Waals surface area contributed by atoms with Crippen molar-refractivity contribution in [2.24, 2.45) is 0 Å². The van der Waals surface area contributed by atoms with Gasteiger partial charge in [-0.3, -0.25) is 10.1 Å². The van der Waals surface area contributed by atoms with Gasteiger partial charge < -0.3 is 14.5 Å². The zero-order valence-corrected chi connectivity index (χ0v) is 15.8. The maximum atomic E-state index is 12.1. The topological polar surface area (TPSA) is 93.3 Å². The minimum Gasteiger partial charge on any atom is -0.484 e. The van der Waals surface area contributed by atoms with Crippen molar-refractivity contribution in [3.8, 4) is 17.0 Å². The molecule has 3 aromatic rings. The average molecular weight is 385 g/mol. The van der Waals surface area contributed by atoms with Gasteiger partial charge in [-0.15, -0.1) is 11.3 Å². The molecule has 0 aliphatic heterocycles. The molecule has 0 saturated heterocycles. The van der Waals surface area contributed by atoms with E-state index in [1.807, 2.05) is 24.3 Å². The molecule has 0 aliphatic rings. The molecule has 1 amide bonds. The first-order valence-corrected chi connectivity index (χ1v) is 9.21. The molecule has 8 heteroatoms. The molecule has 0 atom stereocenters. The smallest absolute Gasteiger partial charge is 0.354 e. The lowest BCUT2D eigenvalue weighted by Gasteiger charge is -2.06. The number of aromatic nitrogens is 2. The summed E-state index contributed by atoms with van der Waals surface area (Å²) >= 11 is 1.29. The predicted octanol–water partition coefficient (Wildman–Crippen LogP) is 3.50. The molecule has 2 N–H and O–H groups in total.